The Morgan fingerprint density at radius 3 is 2.61 bits per heavy atom. The Hall–Kier alpha value is -2.77. The van der Waals surface area contributed by atoms with Crippen LogP contribution in [0.15, 0.2) is 54.7 Å². The minimum atomic E-state index is -0.871. The Balaban J connectivity index is 1.33. The fourth-order valence-electron chi connectivity index (χ4n) is 5.60. The first-order valence-electron chi connectivity index (χ1n) is 10.7. The van der Waals surface area contributed by atoms with E-state index in [1.54, 1.807) is 30.5 Å². The maximum absolute atomic E-state index is 13.8. The molecule has 2 aliphatic rings. The van der Waals surface area contributed by atoms with Crippen molar-refractivity contribution in [1.29, 1.82) is 5.26 Å². The van der Waals surface area contributed by atoms with Crippen molar-refractivity contribution < 1.29 is 9.18 Å². The molecule has 0 N–H and O–H groups in total. The second kappa shape index (κ2) is 7.43. The average Bonchev–Trinajstić information content (AvgIpc) is 3.43. The number of pyridine rings is 1. The summed E-state index contributed by atoms with van der Waals surface area (Å²) in [5.74, 6) is 0.0565. The summed E-state index contributed by atoms with van der Waals surface area (Å²) in [5.41, 5.74) is 1.73. The SMILES string of the molecule is N#CC1(C(=O)Cc2ccc(Cl)cc2)CC12CCC(c1ccnc3ccc(F)cc13)CC2. The van der Waals surface area contributed by atoms with Gasteiger partial charge in [0.2, 0.25) is 0 Å². The Morgan fingerprint density at radius 2 is 1.90 bits per heavy atom. The van der Waals surface area contributed by atoms with Crippen LogP contribution < -0.4 is 0 Å². The predicted octanol–water partition coefficient (Wildman–Crippen LogP) is 6.40. The molecule has 0 bridgehead atoms. The fourth-order valence-corrected chi connectivity index (χ4v) is 5.72. The van der Waals surface area contributed by atoms with E-state index in [-0.39, 0.29) is 23.4 Å². The number of ketones is 1. The number of fused-ring (bicyclic) bond motifs is 1. The second-order valence-electron chi connectivity index (χ2n) is 9.04. The first-order valence-corrected chi connectivity index (χ1v) is 11.1. The summed E-state index contributed by atoms with van der Waals surface area (Å²) >= 11 is 5.94. The molecule has 0 aliphatic heterocycles. The van der Waals surface area contributed by atoms with Crippen molar-refractivity contribution in [2.75, 3.05) is 0 Å². The first-order chi connectivity index (χ1) is 15.0. The zero-order valence-electron chi connectivity index (χ0n) is 17.1. The van der Waals surface area contributed by atoms with Crippen molar-refractivity contribution in [3.63, 3.8) is 0 Å². The van der Waals surface area contributed by atoms with E-state index in [0.29, 0.717) is 17.4 Å². The van der Waals surface area contributed by atoms with Crippen LogP contribution in [0.3, 0.4) is 0 Å². The summed E-state index contributed by atoms with van der Waals surface area (Å²) < 4.78 is 13.8. The van der Waals surface area contributed by atoms with Gasteiger partial charge in [-0.2, -0.15) is 5.26 Å². The molecule has 2 fully saturated rings. The Bertz CT molecular complexity index is 1210. The van der Waals surface area contributed by atoms with E-state index in [1.807, 2.05) is 18.2 Å². The number of hydrogen-bond donors (Lipinski definition) is 0. The first kappa shape index (κ1) is 20.2. The van der Waals surface area contributed by atoms with Gasteiger partial charge in [-0.15, -0.1) is 0 Å². The molecule has 1 unspecified atom stereocenters. The van der Waals surface area contributed by atoms with Gasteiger partial charge in [-0.25, -0.2) is 4.39 Å². The fraction of sp³-hybridized carbons (Fsp3) is 0.346. The molecule has 0 saturated heterocycles. The monoisotopic (exact) mass is 432 g/mol. The molecule has 3 aromatic rings. The van der Waals surface area contributed by atoms with Crippen LogP contribution in [0.2, 0.25) is 5.02 Å². The van der Waals surface area contributed by atoms with Crippen LogP contribution in [0.4, 0.5) is 4.39 Å². The lowest BCUT2D eigenvalue weighted by Crippen LogP contribution is -2.27. The van der Waals surface area contributed by atoms with Crippen LogP contribution in [0.1, 0.15) is 49.1 Å². The van der Waals surface area contributed by atoms with Crippen molar-refractivity contribution in [3.8, 4) is 6.07 Å². The number of benzene rings is 2. The van der Waals surface area contributed by atoms with Crippen molar-refractivity contribution in [2.45, 2.75) is 44.4 Å². The van der Waals surface area contributed by atoms with E-state index in [0.717, 1.165) is 47.7 Å². The summed E-state index contributed by atoms with van der Waals surface area (Å²) in [6.45, 7) is 0. The molecule has 1 spiro atoms. The van der Waals surface area contributed by atoms with Crippen LogP contribution >= 0.6 is 11.6 Å². The smallest absolute Gasteiger partial charge is 0.158 e. The number of rotatable bonds is 4. The number of halogens is 2. The topological polar surface area (TPSA) is 53.8 Å². The third-order valence-corrected chi connectivity index (χ3v) is 7.70. The van der Waals surface area contributed by atoms with Gasteiger partial charge < -0.3 is 0 Å². The predicted molar refractivity (Wildman–Crippen MR) is 118 cm³/mol. The Morgan fingerprint density at radius 1 is 1.16 bits per heavy atom. The lowest BCUT2D eigenvalue weighted by molar-refractivity contribution is -0.123. The largest absolute Gasteiger partial charge is 0.298 e. The van der Waals surface area contributed by atoms with Gasteiger partial charge in [-0.1, -0.05) is 23.7 Å². The summed E-state index contributed by atoms with van der Waals surface area (Å²) in [6, 6.07) is 16.4. The highest BCUT2D eigenvalue weighted by atomic mass is 35.5. The van der Waals surface area contributed by atoms with E-state index in [1.165, 1.54) is 6.07 Å². The number of Topliss-reactive ketones (excluding diaryl/α,β-unsaturated/α-hetero) is 1. The minimum absolute atomic E-state index is 0.0206. The van der Waals surface area contributed by atoms with Crippen molar-refractivity contribution in [3.05, 3.63) is 76.7 Å². The Kier molecular flexibility index (Phi) is 4.83. The molecule has 0 radical (unpaired) electrons. The molecular weight excluding hydrogens is 411 g/mol. The number of nitriles is 1. The van der Waals surface area contributed by atoms with Gasteiger partial charge >= 0.3 is 0 Å². The van der Waals surface area contributed by atoms with Crippen LogP contribution in [0.25, 0.3) is 10.9 Å². The summed E-state index contributed by atoms with van der Waals surface area (Å²) in [5, 5.41) is 11.5. The molecule has 5 rings (SSSR count). The van der Waals surface area contributed by atoms with Gasteiger partial charge in [0.1, 0.15) is 11.2 Å². The summed E-state index contributed by atoms with van der Waals surface area (Å²) in [6.07, 6.45) is 6.19. The molecule has 3 nitrogen and oxygen atoms in total. The average molecular weight is 433 g/mol. The standard InChI is InChI=1S/C26H22ClFN2O/c27-19-3-1-17(2-4-19)13-24(31)26(16-29)15-25(26)10-7-18(8-11-25)21-9-12-30-23-6-5-20(28)14-22(21)23/h1-6,9,12,14,18H,7-8,10-11,13,15H2. The molecule has 1 aromatic heterocycles. The molecule has 31 heavy (non-hydrogen) atoms. The van der Waals surface area contributed by atoms with E-state index in [4.69, 9.17) is 11.6 Å². The van der Waals surface area contributed by atoms with Crippen LogP contribution in [0, 0.1) is 28.0 Å². The second-order valence-corrected chi connectivity index (χ2v) is 9.47. The molecule has 2 aromatic carbocycles. The highest BCUT2D eigenvalue weighted by molar-refractivity contribution is 6.30. The van der Waals surface area contributed by atoms with E-state index in [9.17, 15) is 14.4 Å². The lowest BCUT2D eigenvalue weighted by Gasteiger charge is -2.31. The third-order valence-electron chi connectivity index (χ3n) is 7.45. The van der Waals surface area contributed by atoms with Crippen molar-refractivity contribution in [2.24, 2.45) is 10.8 Å². The van der Waals surface area contributed by atoms with Crippen LogP contribution in [0.5, 0.6) is 0 Å². The molecule has 1 atom stereocenters. The van der Waals surface area contributed by atoms with Crippen molar-refractivity contribution >= 4 is 28.3 Å². The van der Waals surface area contributed by atoms with Crippen molar-refractivity contribution in [1.82, 2.24) is 4.98 Å². The van der Waals surface area contributed by atoms with Gasteiger partial charge in [0, 0.05) is 23.0 Å². The lowest BCUT2D eigenvalue weighted by atomic mass is 9.72. The molecule has 1 heterocycles. The van der Waals surface area contributed by atoms with Crippen LogP contribution in [-0.4, -0.2) is 10.8 Å². The number of nitrogens with zero attached hydrogens (tertiary/aromatic N) is 2. The molecule has 0 amide bonds. The van der Waals surface area contributed by atoms with Gasteiger partial charge in [-0.3, -0.25) is 9.78 Å². The number of aromatic nitrogens is 1. The number of carbonyl (C=O) groups excluding carboxylic acids is 1. The van der Waals surface area contributed by atoms with Gasteiger partial charge in [-0.05, 0) is 91.0 Å². The van der Waals surface area contributed by atoms with Gasteiger partial charge in [0.15, 0.2) is 5.78 Å². The van der Waals surface area contributed by atoms with E-state index >= 15 is 0 Å². The van der Waals surface area contributed by atoms with Gasteiger partial charge in [0.05, 0.1) is 11.6 Å². The van der Waals surface area contributed by atoms with E-state index < -0.39 is 5.41 Å². The summed E-state index contributed by atoms with van der Waals surface area (Å²) in [7, 11) is 0. The number of hydrogen-bond acceptors (Lipinski definition) is 3. The molecule has 156 valence electrons. The van der Waals surface area contributed by atoms with Crippen LogP contribution in [-0.2, 0) is 11.2 Å². The minimum Gasteiger partial charge on any atom is -0.298 e. The number of carbonyl (C=O) groups is 1. The molecular formula is C26H22ClFN2O. The maximum Gasteiger partial charge on any atom is 0.158 e. The molecule has 2 aliphatic carbocycles. The zero-order valence-corrected chi connectivity index (χ0v) is 17.8. The highest BCUT2D eigenvalue weighted by Gasteiger charge is 2.71. The molecule has 5 heteroatoms. The normalized spacial score (nSPS) is 27.2. The highest BCUT2D eigenvalue weighted by Crippen LogP contribution is 2.72. The Labute approximate surface area is 185 Å². The maximum atomic E-state index is 13.8. The third kappa shape index (κ3) is 3.32. The molecule has 2 saturated carbocycles. The summed E-state index contributed by atoms with van der Waals surface area (Å²) in [4.78, 5) is 17.5. The zero-order chi connectivity index (χ0) is 21.6. The van der Waals surface area contributed by atoms with E-state index in [2.05, 4.69) is 11.1 Å². The quantitative estimate of drug-likeness (QED) is 0.479. The van der Waals surface area contributed by atoms with Gasteiger partial charge in [0.25, 0.3) is 0 Å².